The van der Waals surface area contributed by atoms with Crippen LogP contribution >= 0.6 is 11.6 Å². The third-order valence-corrected chi connectivity index (χ3v) is 7.25. The SMILES string of the molecule is CN1CCN(c2cc(Nc3nccc(Nc4c(Cl)ccc5c4OCO5)n3)cc(S(C)(=O)=O)c2)CC1. The normalized spacial score (nSPS) is 15.8. The number of fused-ring (bicyclic) bond motifs is 1. The van der Waals surface area contributed by atoms with Crippen LogP contribution in [0.25, 0.3) is 0 Å². The first-order chi connectivity index (χ1) is 16.8. The van der Waals surface area contributed by atoms with Crippen LogP contribution in [-0.2, 0) is 9.84 Å². The number of anilines is 5. The van der Waals surface area contributed by atoms with Crippen molar-refractivity contribution in [2.45, 2.75) is 4.90 Å². The zero-order valence-corrected chi connectivity index (χ0v) is 20.9. The van der Waals surface area contributed by atoms with Gasteiger partial charge < -0.3 is 29.9 Å². The fraction of sp³-hybridized carbons (Fsp3) is 0.304. The van der Waals surface area contributed by atoms with E-state index in [0.29, 0.717) is 39.7 Å². The number of piperazine rings is 1. The Balaban J connectivity index is 1.42. The molecule has 2 aliphatic rings. The number of nitrogens with zero attached hydrogens (tertiary/aromatic N) is 4. The van der Waals surface area contributed by atoms with Crippen LogP contribution in [0.1, 0.15) is 0 Å². The van der Waals surface area contributed by atoms with Crippen molar-refractivity contribution >= 4 is 50.3 Å². The summed E-state index contributed by atoms with van der Waals surface area (Å²) in [6.45, 7) is 3.56. The van der Waals surface area contributed by atoms with Crippen molar-refractivity contribution in [1.82, 2.24) is 14.9 Å². The van der Waals surface area contributed by atoms with Crippen LogP contribution in [0, 0.1) is 0 Å². The minimum absolute atomic E-state index is 0.118. The molecule has 0 spiro atoms. The molecule has 0 atom stereocenters. The topological polar surface area (TPSA) is 109 Å². The first-order valence-electron chi connectivity index (χ1n) is 11.0. The van der Waals surface area contributed by atoms with Crippen LogP contribution in [0.3, 0.4) is 0 Å². The third-order valence-electron chi connectivity index (χ3n) is 5.84. The van der Waals surface area contributed by atoms with Gasteiger partial charge in [0.15, 0.2) is 21.3 Å². The smallest absolute Gasteiger partial charge is 0.231 e. The molecule has 0 aliphatic carbocycles. The predicted octanol–water partition coefficient (Wildman–Crippen LogP) is 3.50. The van der Waals surface area contributed by atoms with Gasteiger partial charge in [0.2, 0.25) is 12.7 Å². The standard InChI is InChI=1S/C23H25ClN6O4S/c1-29-7-9-30(10-8-29)16-11-15(12-17(13-16)35(2,31)32)26-23-25-6-5-20(28-23)27-21-18(24)3-4-19-22(21)34-14-33-19/h3-6,11-13H,7-10,14H2,1-2H3,(H2,25,26,27,28). The van der Waals surface area contributed by atoms with E-state index in [1.165, 1.54) is 6.26 Å². The number of rotatable bonds is 6. The lowest BCUT2D eigenvalue weighted by Gasteiger charge is -2.34. The predicted molar refractivity (Wildman–Crippen MR) is 135 cm³/mol. The molecule has 0 unspecified atom stereocenters. The molecule has 0 bridgehead atoms. The zero-order valence-electron chi connectivity index (χ0n) is 19.3. The number of aromatic nitrogens is 2. The first kappa shape index (κ1) is 23.5. The largest absolute Gasteiger partial charge is 0.454 e. The van der Waals surface area contributed by atoms with Crippen molar-refractivity contribution < 1.29 is 17.9 Å². The van der Waals surface area contributed by atoms with Crippen molar-refractivity contribution in [2.75, 3.05) is 61.8 Å². The third kappa shape index (κ3) is 5.21. The molecule has 3 heterocycles. The van der Waals surface area contributed by atoms with Gasteiger partial charge in [-0.1, -0.05) is 11.6 Å². The molecule has 2 aliphatic heterocycles. The summed E-state index contributed by atoms with van der Waals surface area (Å²) in [6, 6.07) is 10.4. The Kier molecular flexibility index (Phi) is 6.30. The van der Waals surface area contributed by atoms with Crippen LogP contribution in [0.4, 0.5) is 28.8 Å². The molecule has 5 rings (SSSR count). The number of benzene rings is 2. The van der Waals surface area contributed by atoms with Crippen molar-refractivity contribution in [3.05, 3.63) is 47.6 Å². The van der Waals surface area contributed by atoms with E-state index in [-0.39, 0.29) is 11.7 Å². The van der Waals surface area contributed by atoms with Crippen molar-refractivity contribution in [1.29, 1.82) is 0 Å². The lowest BCUT2D eigenvalue weighted by Crippen LogP contribution is -2.44. The molecule has 12 heteroatoms. The fourth-order valence-corrected chi connectivity index (χ4v) is 4.80. The number of nitrogens with one attached hydrogen (secondary N) is 2. The summed E-state index contributed by atoms with van der Waals surface area (Å²) < 4.78 is 35.7. The Morgan fingerprint density at radius 2 is 1.83 bits per heavy atom. The van der Waals surface area contributed by atoms with Gasteiger partial charge in [0.05, 0.1) is 9.92 Å². The summed E-state index contributed by atoms with van der Waals surface area (Å²) in [5.74, 6) is 1.89. The Hall–Kier alpha value is -3.28. The molecule has 35 heavy (non-hydrogen) atoms. The Morgan fingerprint density at radius 3 is 2.60 bits per heavy atom. The lowest BCUT2D eigenvalue weighted by atomic mass is 10.2. The molecule has 0 saturated carbocycles. The average molecular weight is 517 g/mol. The van der Waals surface area contributed by atoms with Crippen LogP contribution < -0.4 is 25.0 Å². The van der Waals surface area contributed by atoms with E-state index in [4.69, 9.17) is 21.1 Å². The van der Waals surface area contributed by atoms with E-state index in [1.54, 1.807) is 36.5 Å². The monoisotopic (exact) mass is 516 g/mol. The molecule has 10 nitrogen and oxygen atoms in total. The van der Waals surface area contributed by atoms with E-state index in [9.17, 15) is 8.42 Å². The summed E-state index contributed by atoms with van der Waals surface area (Å²) in [5, 5.41) is 6.77. The number of sulfone groups is 1. The van der Waals surface area contributed by atoms with E-state index >= 15 is 0 Å². The van der Waals surface area contributed by atoms with Gasteiger partial charge in [-0.15, -0.1) is 0 Å². The van der Waals surface area contributed by atoms with E-state index in [0.717, 1.165) is 31.9 Å². The van der Waals surface area contributed by atoms with Crippen molar-refractivity contribution in [3.8, 4) is 11.5 Å². The highest BCUT2D eigenvalue weighted by molar-refractivity contribution is 7.90. The lowest BCUT2D eigenvalue weighted by molar-refractivity contribution is 0.174. The first-order valence-corrected chi connectivity index (χ1v) is 13.3. The Bertz CT molecular complexity index is 1360. The van der Waals surface area contributed by atoms with Crippen molar-refractivity contribution in [3.63, 3.8) is 0 Å². The second-order valence-corrected chi connectivity index (χ2v) is 10.9. The summed E-state index contributed by atoms with van der Waals surface area (Å²) >= 11 is 6.37. The quantitative estimate of drug-likeness (QED) is 0.505. The van der Waals surface area contributed by atoms with Gasteiger partial charge in [-0.05, 0) is 43.4 Å². The maximum absolute atomic E-state index is 12.4. The molecule has 1 saturated heterocycles. The maximum atomic E-state index is 12.4. The van der Waals surface area contributed by atoms with E-state index in [2.05, 4.69) is 37.4 Å². The highest BCUT2D eigenvalue weighted by Gasteiger charge is 2.21. The minimum Gasteiger partial charge on any atom is -0.454 e. The maximum Gasteiger partial charge on any atom is 0.231 e. The number of hydrogen-bond donors (Lipinski definition) is 2. The molecule has 184 valence electrons. The van der Waals surface area contributed by atoms with Crippen LogP contribution in [0.15, 0.2) is 47.5 Å². The molecule has 1 aromatic heterocycles. The summed E-state index contributed by atoms with van der Waals surface area (Å²) in [6.07, 6.45) is 2.79. The van der Waals surface area contributed by atoms with E-state index in [1.807, 2.05) is 6.07 Å². The molecular formula is C23H25ClN6O4S. The average Bonchev–Trinajstić information content (AvgIpc) is 3.30. The molecule has 2 aromatic carbocycles. The van der Waals surface area contributed by atoms with Gasteiger partial charge in [0.1, 0.15) is 11.5 Å². The molecule has 0 amide bonds. The van der Waals surface area contributed by atoms with Crippen LogP contribution in [0.2, 0.25) is 5.02 Å². The molecule has 3 aromatic rings. The van der Waals surface area contributed by atoms with Gasteiger partial charge in [0, 0.05) is 50.0 Å². The van der Waals surface area contributed by atoms with Gasteiger partial charge in [-0.25, -0.2) is 13.4 Å². The molecular weight excluding hydrogens is 492 g/mol. The molecule has 1 fully saturated rings. The van der Waals surface area contributed by atoms with Gasteiger partial charge in [0.25, 0.3) is 0 Å². The number of hydrogen-bond acceptors (Lipinski definition) is 10. The zero-order chi connectivity index (χ0) is 24.6. The number of ether oxygens (including phenoxy) is 2. The highest BCUT2D eigenvalue weighted by atomic mass is 35.5. The second kappa shape index (κ2) is 9.40. The minimum atomic E-state index is -3.42. The summed E-state index contributed by atoms with van der Waals surface area (Å²) in [5.41, 5.74) is 1.96. The Morgan fingerprint density at radius 1 is 1.03 bits per heavy atom. The molecule has 0 radical (unpaired) electrons. The number of halogens is 1. The van der Waals surface area contributed by atoms with E-state index < -0.39 is 9.84 Å². The van der Waals surface area contributed by atoms with Gasteiger partial charge >= 0.3 is 0 Å². The molecule has 2 N–H and O–H groups in total. The Labute approximate surface area is 208 Å². The van der Waals surface area contributed by atoms with Crippen LogP contribution in [-0.4, -0.2) is 69.6 Å². The highest BCUT2D eigenvalue weighted by Crippen LogP contribution is 2.44. The van der Waals surface area contributed by atoms with Gasteiger partial charge in [-0.3, -0.25) is 0 Å². The number of likely N-dealkylation sites (N-methyl/N-ethyl adjacent to an activating group) is 1. The van der Waals surface area contributed by atoms with Gasteiger partial charge in [-0.2, -0.15) is 4.98 Å². The second-order valence-electron chi connectivity index (χ2n) is 8.45. The van der Waals surface area contributed by atoms with Crippen LogP contribution in [0.5, 0.6) is 11.5 Å². The fourth-order valence-electron chi connectivity index (χ4n) is 3.93. The summed E-state index contributed by atoms with van der Waals surface area (Å²) in [7, 11) is -1.34. The summed E-state index contributed by atoms with van der Waals surface area (Å²) in [4.78, 5) is 13.5. The van der Waals surface area contributed by atoms with Crippen molar-refractivity contribution in [2.24, 2.45) is 0 Å².